The maximum Gasteiger partial charge on any atom is 0.124 e. The first-order valence-corrected chi connectivity index (χ1v) is 6.83. The highest BCUT2D eigenvalue weighted by Gasteiger charge is 2.30. The Balaban J connectivity index is 2.37. The molecule has 1 saturated carbocycles. The van der Waals surface area contributed by atoms with Gasteiger partial charge in [-0.05, 0) is 37.5 Å². The molecule has 0 aromatic heterocycles. The number of halogens is 1. The summed E-state index contributed by atoms with van der Waals surface area (Å²) in [6, 6.07) is 6.67. The number of amidine groups is 1. The quantitative estimate of drug-likeness (QED) is 0.648. The molecule has 0 unspecified atom stereocenters. The summed E-state index contributed by atoms with van der Waals surface area (Å²) in [6.07, 6.45) is 3.63. The van der Waals surface area contributed by atoms with Crippen molar-refractivity contribution in [1.82, 2.24) is 0 Å². The van der Waals surface area contributed by atoms with Crippen LogP contribution in [0.3, 0.4) is 0 Å². The summed E-state index contributed by atoms with van der Waals surface area (Å²) in [4.78, 5) is 2.39. The number of rotatable bonds is 5. The second-order valence-corrected chi connectivity index (χ2v) is 5.42. The van der Waals surface area contributed by atoms with Crippen LogP contribution in [0.5, 0.6) is 0 Å². The lowest BCUT2D eigenvalue weighted by Crippen LogP contribution is -2.29. The number of nitrogens with two attached hydrogens (primary N) is 1. The Morgan fingerprint density at radius 3 is 2.76 bits per heavy atom. The van der Waals surface area contributed by atoms with Crippen molar-refractivity contribution in [1.29, 1.82) is 5.41 Å². The van der Waals surface area contributed by atoms with E-state index >= 15 is 0 Å². The molecule has 17 heavy (non-hydrogen) atoms. The fraction of sp³-hybridized carbons (Fsp3) is 0.462. The van der Waals surface area contributed by atoms with Gasteiger partial charge >= 0.3 is 0 Å². The van der Waals surface area contributed by atoms with E-state index in [1.54, 1.807) is 0 Å². The van der Waals surface area contributed by atoms with E-state index in [-0.39, 0.29) is 5.84 Å². The SMILES string of the molecule is CCCN(c1ccc(Br)cc1C(=N)N)C1CC1. The van der Waals surface area contributed by atoms with E-state index in [0.717, 1.165) is 28.7 Å². The molecular weight excluding hydrogens is 278 g/mol. The Morgan fingerprint density at radius 1 is 1.53 bits per heavy atom. The fourth-order valence-electron chi connectivity index (χ4n) is 2.10. The van der Waals surface area contributed by atoms with Gasteiger partial charge in [0.25, 0.3) is 0 Å². The summed E-state index contributed by atoms with van der Waals surface area (Å²) in [5.41, 5.74) is 7.61. The molecule has 0 saturated heterocycles. The van der Waals surface area contributed by atoms with Gasteiger partial charge in [0.05, 0.1) is 0 Å². The highest BCUT2D eigenvalue weighted by molar-refractivity contribution is 9.10. The van der Waals surface area contributed by atoms with Crippen LogP contribution in [-0.2, 0) is 0 Å². The van der Waals surface area contributed by atoms with E-state index in [0.29, 0.717) is 6.04 Å². The summed E-state index contributed by atoms with van der Waals surface area (Å²) in [5, 5.41) is 7.69. The van der Waals surface area contributed by atoms with Crippen LogP contribution in [0.1, 0.15) is 31.7 Å². The van der Waals surface area contributed by atoms with Gasteiger partial charge < -0.3 is 10.6 Å². The largest absolute Gasteiger partial charge is 0.384 e. The van der Waals surface area contributed by atoms with Crippen LogP contribution in [0.2, 0.25) is 0 Å². The lowest BCUT2D eigenvalue weighted by atomic mass is 10.1. The van der Waals surface area contributed by atoms with Crippen molar-refractivity contribution in [3.05, 3.63) is 28.2 Å². The van der Waals surface area contributed by atoms with Crippen LogP contribution in [0.25, 0.3) is 0 Å². The molecule has 0 aliphatic heterocycles. The van der Waals surface area contributed by atoms with Gasteiger partial charge in [0.15, 0.2) is 0 Å². The third-order valence-electron chi connectivity index (χ3n) is 3.01. The maximum absolute atomic E-state index is 7.69. The molecule has 1 aliphatic carbocycles. The van der Waals surface area contributed by atoms with Crippen molar-refractivity contribution in [2.75, 3.05) is 11.4 Å². The first kappa shape index (κ1) is 12.4. The van der Waals surface area contributed by atoms with Gasteiger partial charge in [-0.25, -0.2) is 0 Å². The standard InChI is InChI=1S/C13H18BrN3/c1-2-7-17(10-4-5-10)12-6-3-9(14)8-11(12)13(15)16/h3,6,8,10H,2,4-5,7H2,1H3,(H3,15,16). The van der Waals surface area contributed by atoms with E-state index < -0.39 is 0 Å². The van der Waals surface area contributed by atoms with E-state index in [9.17, 15) is 0 Å². The smallest absolute Gasteiger partial charge is 0.124 e. The Morgan fingerprint density at radius 2 is 2.24 bits per heavy atom. The molecule has 1 aliphatic rings. The topological polar surface area (TPSA) is 53.1 Å². The Labute approximate surface area is 111 Å². The number of nitrogen functional groups attached to an aromatic ring is 1. The van der Waals surface area contributed by atoms with Crippen molar-refractivity contribution in [2.45, 2.75) is 32.2 Å². The van der Waals surface area contributed by atoms with Gasteiger partial charge in [0.2, 0.25) is 0 Å². The zero-order valence-electron chi connectivity index (χ0n) is 10.0. The molecule has 1 aromatic carbocycles. The Bertz CT molecular complexity index is 427. The molecule has 4 heteroatoms. The third kappa shape index (κ3) is 2.80. The molecule has 3 nitrogen and oxygen atoms in total. The minimum Gasteiger partial charge on any atom is -0.384 e. The molecule has 2 rings (SSSR count). The first-order chi connectivity index (χ1) is 8.13. The minimum atomic E-state index is 0.142. The second-order valence-electron chi connectivity index (χ2n) is 4.50. The van der Waals surface area contributed by atoms with Gasteiger partial charge in [-0.1, -0.05) is 22.9 Å². The van der Waals surface area contributed by atoms with Crippen molar-refractivity contribution >= 4 is 27.5 Å². The summed E-state index contributed by atoms with van der Waals surface area (Å²) < 4.78 is 0.971. The van der Waals surface area contributed by atoms with Crippen molar-refractivity contribution in [2.24, 2.45) is 5.73 Å². The van der Waals surface area contributed by atoms with Crippen molar-refractivity contribution < 1.29 is 0 Å². The highest BCUT2D eigenvalue weighted by Crippen LogP contribution is 2.34. The molecule has 1 fully saturated rings. The lowest BCUT2D eigenvalue weighted by molar-refractivity contribution is 0.762. The van der Waals surface area contributed by atoms with E-state index in [1.807, 2.05) is 12.1 Å². The van der Waals surface area contributed by atoms with Crippen LogP contribution in [0.15, 0.2) is 22.7 Å². The monoisotopic (exact) mass is 295 g/mol. The average Bonchev–Trinajstić information content (AvgIpc) is 3.10. The molecule has 1 aromatic rings. The zero-order valence-corrected chi connectivity index (χ0v) is 11.6. The number of nitrogens with one attached hydrogen (secondary N) is 1. The molecule has 0 radical (unpaired) electrons. The molecule has 0 heterocycles. The molecule has 0 amide bonds. The normalized spacial score (nSPS) is 14.7. The van der Waals surface area contributed by atoms with Crippen LogP contribution in [0, 0.1) is 5.41 Å². The lowest BCUT2D eigenvalue weighted by Gasteiger charge is -2.26. The summed E-state index contributed by atoms with van der Waals surface area (Å²) >= 11 is 3.43. The minimum absolute atomic E-state index is 0.142. The van der Waals surface area contributed by atoms with E-state index in [2.05, 4.69) is 33.8 Å². The molecule has 3 N–H and O–H groups in total. The molecule has 0 atom stereocenters. The second kappa shape index (κ2) is 5.08. The van der Waals surface area contributed by atoms with Crippen molar-refractivity contribution in [3.63, 3.8) is 0 Å². The van der Waals surface area contributed by atoms with Gasteiger partial charge in [-0.2, -0.15) is 0 Å². The predicted molar refractivity (Wildman–Crippen MR) is 75.8 cm³/mol. The average molecular weight is 296 g/mol. The molecular formula is C13H18BrN3. The molecule has 0 bridgehead atoms. The van der Waals surface area contributed by atoms with E-state index in [4.69, 9.17) is 11.1 Å². The fourth-order valence-corrected chi connectivity index (χ4v) is 2.46. The number of nitrogens with zero attached hydrogens (tertiary/aromatic N) is 1. The van der Waals surface area contributed by atoms with Crippen LogP contribution in [-0.4, -0.2) is 18.4 Å². The first-order valence-electron chi connectivity index (χ1n) is 6.04. The molecule has 0 spiro atoms. The van der Waals surface area contributed by atoms with E-state index in [1.165, 1.54) is 12.8 Å². The number of hydrogen-bond donors (Lipinski definition) is 2. The highest BCUT2D eigenvalue weighted by atomic mass is 79.9. The van der Waals surface area contributed by atoms with Gasteiger partial charge in [0, 0.05) is 28.3 Å². The summed E-state index contributed by atoms with van der Waals surface area (Å²) in [6.45, 7) is 3.22. The Hall–Kier alpha value is -1.03. The number of hydrogen-bond acceptors (Lipinski definition) is 2. The Kier molecular flexibility index (Phi) is 3.72. The van der Waals surface area contributed by atoms with Gasteiger partial charge in [-0.15, -0.1) is 0 Å². The summed E-state index contributed by atoms with van der Waals surface area (Å²) in [5.74, 6) is 0.142. The van der Waals surface area contributed by atoms with Gasteiger partial charge in [-0.3, -0.25) is 5.41 Å². The van der Waals surface area contributed by atoms with Crippen LogP contribution in [0.4, 0.5) is 5.69 Å². The number of benzene rings is 1. The zero-order chi connectivity index (χ0) is 12.4. The van der Waals surface area contributed by atoms with Gasteiger partial charge in [0.1, 0.15) is 5.84 Å². The predicted octanol–water partition coefficient (Wildman–Crippen LogP) is 3.11. The molecule has 92 valence electrons. The third-order valence-corrected chi connectivity index (χ3v) is 3.50. The summed E-state index contributed by atoms with van der Waals surface area (Å²) in [7, 11) is 0. The maximum atomic E-state index is 7.69. The van der Waals surface area contributed by atoms with Crippen LogP contribution >= 0.6 is 15.9 Å². The van der Waals surface area contributed by atoms with Crippen molar-refractivity contribution in [3.8, 4) is 0 Å². The number of anilines is 1. The van der Waals surface area contributed by atoms with Crippen LogP contribution < -0.4 is 10.6 Å².